The fourth-order valence-electron chi connectivity index (χ4n) is 2.78. The first-order valence-electron chi connectivity index (χ1n) is 8.14. The number of hydrogen-bond donors (Lipinski definition) is 1. The van der Waals surface area contributed by atoms with Crippen LogP contribution in [0.5, 0.6) is 0 Å². The van der Waals surface area contributed by atoms with Crippen LogP contribution in [0.2, 0.25) is 10.0 Å². The number of carbonyl (C=O) groups is 1. The molecule has 0 aliphatic heterocycles. The van der Waals surface area contributed by atoms with Crippen molar-refractivity contribution in [1.82, 2.24) is 10.2 Å². The molecule has 1 atom stereocenters. The van der Waals surface area contributed by atoms with E-state index in [4.69, 9.17) is 23.2 Å². The molecule has 1 aliphatic carbocycles. The first-order chi connectivity index (χ1) is 11.9. The van der Waals surface area contributed by atoms with Crippen molar-refractivity contribution < 1.29 is 9.18 Å². The van der Waals surface area contributed by atoms with Crippen LogP contribution >= 0.6 is 23.2 Å². The monoisotopic (exact) mass is 380 g/mol. The number of benzene rings is 2. The lowest BCUT2D eigenvalue weighted by molar-refractivity contribution is -0.126. The number of nitrogens with one attached hydrogen (secondary N) is 1. The highest BCUT2D eigenvalue weighted by Crippen LogP contribution is 2.27. The third-order valence-electron chi connectivity index (χ3n) is 4.21. The molecule has 0 saturated heterocycles. The van der Waals surface area contributed by atoms with Crippen LogP contribution < -0.4 is 5.32 Å². The molecule has 2 aromatic carbocycles. The Morgan fingerprint density at radius 1 is 1.20 bits per heavy atom. The van der Waals surface area contributed by atoms with Crippen LogP contribution in [-0.4, -0.2) is 23.9 Å². The number of halogens is 3. The summed E-state index contributed by atoms with van der Waals surface area (Å²) < 4.78 is 13.3. The van der Waals surface area contributed by atoms with Crippen molar-refractivity contribution in [1.29, 1.82) is 0 Å². The number of hydrogen-bond acceptors (Lipinski definition) is 2. The van der Waals surface area contributed by atoms with Crippen molar-refractivity contribution in [3.05, 3.63) is 69.5 Å². The molecule has 0 aromatic heterocycles. The fraction of sp³-hybridized carbons (Fsp3) is 0.316. The molecule has 2 aromatic rings. The Morgan fingerprint density at radius 3 is 2.48 bits per heavy atom. The highest BCUT2D eigenvalue weighted by atomic mass is 35.5. The Bertz CT molecular complexity index is 763. The third kappa shape index (κ3) is 4.72. The van der Waals surface area contributed by atoms with Gasteiger partial charge in [-0.2, -0.15) is 0 Å². The van der Waals surface area contributed by atoms with Crippen molar-refractivity contribution in [3.8, 4) is 0 Å². The molecule has 1 amide bonds. The summed E-state index contributed by atoms with van der Waals surface area (Å²) in [6.45, 7) is 0.511. The number of carbonyl (C=O) groups excluding carboxylic acids is 1. The van der Waals surface area contributed by atoms with Gasteiger partial charge in [-0.25, -0.2) is 4.39 Å². The summed E-state index contributed by atoms with van der Waals surface area (Å²) in [7, 11) is 1.86. The first kappa shape index (κ1) is 18.2. The number of rotatable bonds is 6. The van der Waals surface area contributed by atoms with Gasteiger partial charge in [0.2, 0.25) is 5.91 Å². The van der Waals surface area contributed by atoms with Gasteiger partial charge in [-0.3, -0.25) is 9.69 Å². The van der Waals surface area contributed by atoms with E-state index < -0.39 is 6.04 Å². The molecule has 0 radical (unpaired) electrons. The van der Waals surface area contributed by atoms with E-state index >= 15 is 0 Å². The van der Waals surface area contributed by atoms with Crippen molar-refractivity contribution >= 4 is 29.1 Å². The van der Waals surface area contributed by atoms with Crippen molar-refractivity contribution in [2.75, 3.05) is 7.05 Å². The lowest BCUT2D eigenvalue weighted by atomic mass is 10.0. The van der Waals surface area contributed by atoms with Gasteiger partial charge in [-0.15, -0.1) is 0 Å². The minimum absolute atomic E-state index is 0.0725. The van der Waals surface area contributed by atoms with Crippen LogP contribution in [0.4, 0.5) is 4.39 Å². The second kappa shape index (κ2) is 7.73. The van der Waals surface area contributed by atoms with Gasteiger partial charge < -0.3 is 5.32 Å². The standard InChI is InChI=1S/C19H19Cl2FN2O/c1-24(11-12-2-9-16(20)17(21)10-12)18(19(25)23-15-7-8-15)13-3-5-14(22)6-4-13/h2-6,9-10,15,18H,7-8,11H2,1H3,(H,23,25). The van der Waals surface area contributed by atoms with Crippen molar-refractivity contribution in [2.24, 2.45) is 0 Å². The zero-order valence-electron chi connectivity index (χ0n) is 13.8. The van der Waals surface area contributed by atoms with Crippen LogP contribution in [0, 0.1) is 5.82 Å². The molecule has 1 unspecified atom stereocenters. The smallest absolute Gasteiger partial charge is 0.242 e. The summed E-state index contributed by atoms with van der Waals surface area (Å²) in [6.07, 6.45) is 2.02. The molecule has 6 heteroatoms. The normalized spacial score (nSPS) is 15.2. The summed E-state index contributed by atoms with van der Waals surface area (Å²) in [5.41, 5.74) is 1.70. The summed E-state index contributed by atoms with van der Waals surface area (Å²) in [5.74, 6) is -0.395. The number of amides is 1. The summed E-state index contributed by atoms with van der Waals surface area (Å²) in [5, 5.41) is 4.01. The summed E-state index contributed by atoms with van der Waals surface area (Å²) in [4.78, 5) is 14.7. The summed E-state index contributed by atoms with van der Waals surface area (Å²) in [6, 6.07) is 11.2. The molecule has 0 spiro atoms. The van der Waals surface area contributed by atoms with Gasteiger partial charge in [0.05, 0.1) is 10.0 Å². The lowest BCUT2D eigenvalue weighted by Crippen LogP contribution is -2.39. The van der Waals surface area contributed by atoms with Crippen molar-refractivity contribution in [2.45, 2.75) is 31.5 Å². The van der Waals surface area contributed by atoms with Gasteiger partial charge in [-0.1, -0.05) is 41.4 Å². The lowest BCUT2D eigenvalue weighted by Gasteiger charge is -2.28. The predicted octanol–water partition coefficient (Wildman–Crippen LogP) is 4.58. The molecule has 3 nitrogen and oxygen atoms in total. The van der Waals surface area contributed by atoms with Gasteiger partial charge in [0.15, 0.2) is 0 Å². The highest BCUT2D eigenvalue weighted by molar-refractivity contribution is 6.42. The Labute approximate surface area is 156 Å². The van der Waals surface area contributed by atoms with E-state index in [1.165, 1.54) is 12.1 Å². The molecular weight excluding hydrogens is 362 g/mol. The van der Waals surface area contributed by atoms with E-state index in [1.807, 2.05) is 18.0 Å². The molecule has 3 rings (SSSR count). The van der Waals surface area contributed by atoms with Crippen LogP contribution in [0.3, 0.4) is 0 Å². The van der Waals surface area contributed by atoms with Crippen molar-refractivity contribution in [3.63, 3.8) is 0 Å². The van der Waals surface area contributed by atoms with Gasteiger partial charge in [0.25, 0.3) is 0 Å². The Kier molecular flexibility index (Phi) is 5.62. The molecule has 1 aliphatic rings. The Balaban J connectivity index is 1.82. The molecule has 1 saturated carbocycles. The zero-order chi connectivity index (χ0) is 18.0. The van der Waals surface area contributed by atoms with Gasteiger partial charge in [0, 0.05) is 12.6 Å². The maximum Gasteiger partial charge on any atom is 0.242 e. The first-order valence-corrected chi connectivity index (χ1v) is 8.89. The van der Waals surface area contributed by atoms with Crippen LogP contribution in [0.25, 0.3) is 0 Å². The fourth-order valence-corrected chi connectivity index (χ4v) is 3.10. The number of nitrogens with zero attached hydrogens (tertiary/aromatic N) is 1. The molecule has 132 valence electrons. The largest absolute Gasteiger partial charge is 0.352 e. The molecule has 0 bridgehead atoms. The summed E-state index contributed by atoms with van der Waals surface area (Å²) >= 11 is 12.0. The van der Waals surface area contributed by atoms with E-state index in [2.05, 4.69) is 5.32 Å². The number of likely N-dealkylation sites (N-methyl/N-ethyl adjacent to an activating group) is 1. The van der Waals surface area contributed by atoms with Gasteiger partial charge >= 0.3 is 0 Å². The maximum absolute atomic E-state index is 13.3. The van der Waals surface area contributed by atoms with Crippen LogP contribution in [0.15, 0.2) is 42.5 Å². The topological polar surface area (TPSA) is 32.3 Å². The minimum Gasteiger partial charge on any atom is -0.352 e. The molecule has 0 heterocycles. The van der Waals surface area contributed by atoms with Crippen LogP contribution in [0.1, 0.15) is 30.0 Å². The van der Waals surface area contributed by atoms with E-state index in [0.717, 1.165) is 24.0 Å². The van der Waals surface area contributed by atoms with Crippen LogP contribution in [-0.2, 0) is 11.3 Å². The van der Waals surface area contributed by atoms with E-state index in [1.54, 1.807) is 24.3 Å². The molecule has 1 N–H and O–H groups in total. The SMILES string of the molecule is CN(Cc1ccc(Cl)c(Cl)c1)C(C(=O)NC1CC1)c1ccc(F)cc1. The highest BCUT2D eigenvalue weighted by Gasteiger charge is 2.30. The zero-order valence-corrected chi connectivity index (χ0v) is 15.3. The quantitative estimate of drug-likeness (QED) is 0.794. The molecular formula is C19H19Cl2FN2O. The average Bonchev–Trinajstić information content (AvgIpc) is 3.37. The Hall–Kier alpha value is -1.62. The Morgan fingerprint density at radius 2 is 1.88 bits per heavy atom. The van der Waals surface area contributed by atoms with Gasteiger partial charge in [0.1, 0.15) is 11.9 Å². The maximum atomic E-state index is 13.3. The van der Waals surface area contributed by atoms with Gasteiger partial charge in [-0.05, 0) is 55.3 Å². The second-order valence-electron chi connectivity index (χ2n) is 6.40. The third-order valence-corrected chi connectivity index (χ3v) is 4.95. The average molecular weight is 381 g/mol. The second-order valence-corrected chi connectivity index (χ2v) is 7.21. The van der Waals surface area contributed by atoms with E-state index in [0.29, 0.717) is 16.6 Å². The van der Waals surface area contributed by atoms with E-state index in [-0.39, 0.29) is 17.8 Å². The predicted molar refractivity (Wildman–Crippen MR) is 98.2 cm³/mol. The van der Waals surface area contributed by atoms with E-state index in [9.17, 15) is 9.18 Å². The molecule has 1 fully saturated rings. The minimum atomic E-state index is -0.504. The molecule has 25 heavy (non-hydrogen) atoms.